The van der Waals surface area contributed by atoms with E-state index in [1.165, 1.54) is 6.92 Å². The first-order valence-corrected chi connectivity index (χ1v) is 8.42. The normalized spacial score (nSPS) is 24.2. The van der Waals surface area contributed by atoms with Crippen LogP contribution in [0.2, 0.25) is 0 Å². The molecule has 0 spiro atoms. The molecule has 0 radical (unpaired) electrons. The van der Waals surface area contributed by atoms with Crippen molar-refractivity contribution in [1.29, 1.82) is 0 Å². The molecule has 2 aliphatic rings. The first-order valence-electron chi connectivity index (χ1n) is 7.02. The van der Waals surface area contributed by atoms with Gasteiger partial charge in [0.1, 0.15) is 0 Å². The van der Waals surface area contributed by atoms with E-state index in [0.29, 0.717) is 45.7 Å². The summed E-state index contributed by atoms with van der Waals surface area (Å²) < 4.78 is 28.2. The quantitative estimate of drug-likeness (QED) is 0.733. The van der Waals surface area contributed by atoms with Gasteiger partial charge in [-0.1, -0.05) is 6.42 Å². The second-order valence-electron chi connectivity index (χ2n) is 5.23. The van der Waals surface area contributed by atoms with Gasteiger partial charge < -0.3 is 4.90 Å². The van der Waals surface area contributed by atoms with Gasteiger partial charge in [-0.3, -0.25) is 4.79 Å². The van der Waals surface area contributed by atoms with Crippen molar-refractivity contribution in [1.82, 2.24) is 13.5 Å². The van der Waals surface area contributed by atoms with Crippen LogP contribution in [-0.4, -0.2) is 67.1 Å². The molecule has 2 rings (SSSR count). The summed E-state index contributed by atoms with van der Waals surface area (Å²) in [5.74, 6) is 0.0252. The highest BCUT2D eigenvalue weighted by molar-refractivity contribution is 7.86. The third-order valence-corrected chi connectivity index (χ3v) is 5.90. The standard InChI is InChI=1S/C12H23N3O3S/c1-12(16)13-6-5-9-15(11-10-13)19(17,18)14-7-3-2-4-8-14/h2-11H2,1H3. The minimum absolute atomic E-state index is 0.0252. The maximum atomic E-state index is 12.5. The number of nitrogens with zero attached hydrogens (tertiary/aromatic N) is 3. The number of amides is 1. The summed E-state index contributed by atoms with van der Waals surface area (Å²) in [5, 5.41) is 0. The van der Waals surface area contributed by atoms with Crippen molar-refractivity contribution in [3.8, 4) is 0 Å². The minimum atomic E-state index is -3.33. The average Bonchev–Trinajstić information content (AvgIpc) is 2.66. The van der Waals surface area contributed by atoms with E-state index >= 15 is 0 Å². The molecule has 0 saturated carbocycles. The van der Waals surface area contributed by atoms with Gasteiger partial charge in [-0.15, -0.1) is 0 Å². The number of piperidine rings is 1. The molecule has 0 N–H and O–H groups in total. The zero-order chi connectivity index (χ0) is 13.9. The molecule has 0 atom stereocenters. The van der Waals surface area contributed by atoms with E-state index in [1.54, 1.807) is 13.5 Å². The fourth-order valence-electron chi connectivity index (χ4n) is 2.70. The van der Waals surface area contributed by atoms with Gasteiger partial charge in [-0.05, 0) is 19.3 Å². The summed E-state index contributed by atoms with van der Waals surface area (Å²) in [6.07, 6.45) is 3.73. The van der Waals surface area contributed by atoms with Crippen LogP contribution in [0.3, 0.4) is 0 Å². The fraction of sp³-hybridized carbons (Fsp3) is 0.917. The van der Waals surface area contributed by atoms with Gasteiger partial charge in [-0.25, -0.2) is 0 Å². The molecule has 6 nitrogen and oxygen atoms in total. The molecule has 0 unspecified atom stereocenters. The topological polar surface area (TPSA) is 60.9 Å². The lowest BCUT2D eigenvalue weighted by molar-refractivity contribution is -0.128. The Kier molecular flexibility index (Phi) is 4.81. The third kappa shape index (κ3) is 3.46. The van der Waals surface area contributed by atoms with Gasteiger partial charge in [-0.2, -0.15) is 17.0 Å². The molecular weight excluding hydrogens is 266 g/mol. The summed E-state index contributed by atoms with van der Waals surface area (Å²) in [7, 11) is -3.33. The molecule has 2 heterocycles. The maximum Gasteiger partial charge on any atom is 0.282 e. The highest BCUT2D eigenvalue weighted by atomic mass is 32.2. The van der Waals surface area contributed by atoms with Gasteiger partial charge in [0, 0.05) is 46.2 Å². The Hall–Kier alpha value is -0.660. The van der Waals surface area contributed by atoms with E-state index in [1.807, 2.05) is 0 Å². The number of rotatable bonds is 2. The maximum absolute atomic E-state index is 12.5. The Balaban J connectivity index is 2.02. The Bertz CT molecular complexity index is 418. The molecule has 2 aliphatic heterocycles. The van der Waals surface area contributed by atoms with Crippen LogP contribution in [0, 0.1) is 0 Å². The molecule has 0 aliphatic carbocycles. The Morgan fingerprint density at radius 1 is 0.789 bits per heavy atom. The molecular formula is C12H23N3O3S. The van der Waals surface area contributed by atoms with E-state index < -0.39 is 10.2 Å². The molecule has 2 saturated heterocycles. The van der Waals surface area contributed by atoms with Gasteiger partial charge in [0.25, 0.3) is 10.2 Å². The fourth-order valence-corrected chi connectivity index (χ4v) is 4.42. The number of carbonyl (C=O) groups is 1. The van der Waals surface area contributed by atoms with Crippen LogP contribution in [0.1, 0.15) is 32.6 Å². The molecule has 1 amide bonds. The highest BCUT2D eigenvalue weighted by Crippen LogP contribution is 2.18. The molecule has 110 valence electrons. The molecule has 0 bridgehead atoms. The smallest absolute Gasteiger partial charge is 0.282 e. The Morgan fingerprint density at radius 2 is 1.37 bits per heavy atom. The SMILES string of the molecule is CC(=O)N1CCCN(S(=O)(=O)N2CCCCC2)CC1. The third-order valence-electron chi connectivity index (χ3n) is 3.87. The first-order chi connectivity index (χ1) is 9.01. The van der Waals surface area contributed by atoms with Crippen molar-refractivity contribution in [2.24, 2.45) is 0 Å². The van der Waals surface area contributed by atoms with Crippen LogP contribution in [0.4, 0.5) is 0 Å². The molecule has 0 aromatic carbocycles. The van der Waals surface area contributed by atoms with Gasteiger partial charge in [0.2, 0.25) is 5.91 Å². The van der Waals surface area contributed by atoms with E-state index in [0.717, 1.165) is 19.3 Å². The largest absolute Gasteiger partial charge is 0.342 e. The Morgan fingerprint density at radius 3 is 2.00 bits per heavy atom. The average molecular weight is 289 g/mol. The van der Waals surface area contributed by atoms with Crippen LogP contribution < -0.4 is 0 Å². The summed E-state index contributed by atoms with van der Waals surface area (Å²) in [5.41, 5.74) is 0. The summed E-state index contributed by atoms with van der Waals surface area (Å²) in [4.78, 5) is 13.1. The van der Waals surface area contributed by atoms with Crippen LogP contribution in [0.15, 0.2) is 0 Å². The van der Waals surface area contributed by atoms with E-state index in [2.05, 4.69) is 0 Å². The van der Waals surface area contributed by atoms with E-state index in [-0.39, 0.29) is 5.91 Å². The van der Waals surface area contributed by atoms with Crippen molar-refractivity contribution < 1.29 is 13.2 Å². The van der Waals surface area contributed by atoms with E-state index in [9.17, 15) is 13.2 Å². The van der Waals surface area contributed by atoms with Crippen LogP contribution in [-0.2, 0) is 15.0 Å². The van der Waals surface area contributed by atoms with Gasteiger partial charge in [0.05, 0.1) is 0 Å². The highest BCUT2D eigenvalue weighted by Gasteiger charge is 2.32. The van der Waals surface area contributed by atoms with E-state index in [4.69, 9.17) is 0 Å². The molecule has 2 fully saturated rings. The lowest BCUT2D eigenvalue weighted by Crippen LogP contribution is -2.47. The minimum Gasteiger partial charge on any atom is -0.342 e. The number of carbonyl (C=O) groups excluding carboxylic acids is 1. The van der Waals surface area contributed by atoms with Crippen molar-refractivity contribution in [2.75, 3.05) is 39.3 Å². The second kappa shape index (κ2) is 6.19. The second-order valence-corrected chi connectivity index (χ2v) is 7.15. The molecule has 19 heavy (non-hydrogen) atoms. The number of hydrogen-bond donors (Lipinski definition) is 0. The van der Waals surface area contributed by atoms with Gasteiger partial charge >= 0.3 is 0 Å². The van der Waals surface area contributed by atoms with Gasteiger partial charge in [0.15, 0.2) is 0 Å². The predicted molar refractivity (Wildman–Crippen MR) is 72.8 cm³/mol. The summed E-state index contributed by atoms with van der Waals surface area (Å²) in [6, 6.07) is 0. The van der Waals surface area contributed by atoms with Crippen molar-refractivity contribution >= 4 is 16.1 Å². The molecule has 0 aromatic rings. The first kappa shape index (κ1) is 14.7. The monoisotopic (exact) mass is 289 g/mol. The van der Waals surface area contributed by atoms with Crippen molar-refractivity contribution in [3.63, 3.8) is 0 Å². The lowest BCUT2D eigenvalue weighted by atomic mass is 10.2. The van der Waals surface area contributed by atoms with Crippen molar-refractivity contribution in [3.05, 3.63) is 0 Å². The Labute approximate surface area is 115 Å². The molecule has 0 aromatic heterocycles. The van der Waals surface area contributed by atoms with Crippen molar-refractivity contribution in [2.45, 2.75) is 32.6 Å². The van der Waals surface area contributed by atoms with Crippen LogP contribution in [0.25, 0.3) is 0 Å². The lowest BCUT2D eigenvalue weighted by Gasteiger charge is -2.31. The predicted octanol–water partition coefficient (Wildman–Crippen LogP) is 0.271. The number of hydrogen-bond acceptors (Lipinski definition) is 3. The zero-order valence-corrected chi connectivity index (χ0v) is 12.4. The molecule has 7 heteroatoms. The zero-order valence-electron chi connectivity index (χ0n) is 11.5. The van der Waals surface area contributed by atoms with Crippen LogP contribution in [0.5, 0.6) is 0 Å². The summed E-state index contributed by atoms with van der Waals surface area (Å²) >= 11 is 0. The summed E-state index contributed by atoms with van der Waals surface area (Å²) in [6.45, 7) is 4.89. The van der Waals surface area contributed by atoms with Crippen LogP contribution >= 0.6 is 0 Å².